The molecule has 0 aromatic carbocycles. The van der Waals surface area contributed by atoms with E-state index in [0.29, 0.717) is 17.7 Å². The van der Waals surface area contributed by atoms with Crippen LogP contribution in [0.15, 0.2) is 5.38 Å². The van der Waals surface area contributed by atoms with E-state index in [2.05, 4.69) is 36.0 Å². The molecule has 2 aromatic rings. The molecule has 1 atom stereocenters. The molecule has 0 radical (unpaired) electrons. The molecule has 1 amide bonds. The van der Waals surface area contributed by atoms with Gasteiger partial charge >= 0.3 is 0 Å². The second-order valence-corrected chi connectivity index (χ2v) is 8.94. The van der Waals surface area contributed by atoms with E-state index in [1.54, 1.807) is 11.3 Å². The second kappa shape index (κ2) is 6.99. The Balaban J connectivity index is 1.67. The molecule has 1 N–H and O–H groups in total. The normalized spacial score (nSPS) is 18.6. The standard InChI is InChI=1S/C17H25N5OS2/c1-17(2,3)15-18-12(10-25-15)8-13(23)22-7-5-6-11(9-22)14-19-20-16(24)21(14)4/h10-11H,5-9H2,1-4H3,(H,20,24). The van der Waals surface area contributed by atoms with Crippen molar-refractivity contribution in [1.82, 2.24) is 24.6 Å². The molecule has 1 saturated heterocycles. The van der Waals surface area contributed by atoms with Gasteiger partial charge in [0.1, 0.15) is 5.82 Å². The first-order valence-electron chi connectivity index (χ1n) is 8.59. The topological polar surface area (TPSA) is 66.8 Å². The Hall–Kier alpha value is -1.54. The summed E-state index contributed by atoms with van der Waals surface area (Å²) in [6.07, 6.45) is 2.39. The van der Waals surface area contributed by atoms with E-state index in [-0.39, 0.29) is 17.2 Å². The van der Waals surface area contributed by atoms with Crippen LogP contribution in [0.2, 0.25) is 0 Å². The summed E-state index contributed by atoms with van der Waals surface area (Å²) in [5.74, 6) is 1.31. The zero-order chi connectivity index (χ0) is 18.2. The number of aromatic nitrogens is 4. The van der Waals surface area contributed by atoms with Gasteiger partial charge in [-0.05, 0) is 25.1 Å². The monoisotopic (exact) mass is 379 g/mol. The van der Waals surface area contributed by atoms with Crippen LogP contribution in [0.4, 0.5) is 0 Å². The first-order chi connectivity index (χ1) is 11.8. The van der Waals surface area contributed by atoms with Gasteiger partial charge in [0.15, 0.2) is 4.77 Å². The highest BCUT2D eigenvalue weighted by Gasteiger charge is 2.28. The summed E-state index contributed by atoms with van der Waals surface area (Å²) < 4.78 is 2.53. The average molecular weight is 380 g/mol. The van der Waals surface area contributed by atoms with Crippen LogP contribution in [-0.4, -0.2) is 43.6 Å². The number of hydrogen-bond donors (Lipinski definition) is 1. The quantitative estimate of drug-likeness (QED) is 0.832. The molecule has 6 nitrogen and oxygen atoms in total. The number of amides is 1. The van der Waals surface area contributed by atoms with Crippen LogP contribution in [-0.2, 0) is 23.7 Å². The molecule has 1 unspecified atom stereocenters. The van der Waals surface area contributed by atoms with Gasteiger partial charge in [-0.3, -0.25) is 9.89 Å². The smallest absolute Gasteiger partial charge is 0.228 e. The van der Waals surface area contributed by atoms with Gasteiger partial charge in [-0.15, -0.1) is 11.3 Å². The van der Waals surface area contributed by atoms with Gasteiger partial charge in [-0.1, -0.05) is 20.8 Å². The predicted molar refractivity (Wildman–Crippen MR) is 101 cm³/mol. The molecule has 8 heteroatoms. The molecule has 3 rings (SSSR count). The lowest BCUT2D eigenvalue weighted by molar-refractivity contribution is -0.131. The van der Waals surface area contributed by atoms with E-state index >= 15 is 0 Å². The Kier molecular flexibility index (Phi) is 5.11. The number of hydrogen-bond acceptors (Lipinski definition) is 5. The lowest BCUT2D eigenvalue weighted by Crippen LogP contribution is -2.40. The van der Waals surface area contributed by atoms with Crippen LogP contribution in [0.25, 0.3) is 0 Å². The molecule has 25 heavy (non-hydrogen) atoms. The molecule has 0 bridgehead atoms. The molecule has 0 saturated carbocycles. The fraction of sp³-hybridized carbons (Fsp3) is 0.647. The van der Waals surface area contributed by atoms with Crippen LogP contribution >= 0.6 is 23.6 Å². The number of piperidine rings is 1. The van der Waals surface area contributed by atoms with Crippen LogP contribution in [0.3, 0.4) is 0 Å². The maximum absolute atomic E-state index is 12.7. The Morgan fingerprint density at radius 2 is 2.24 bits per heavy atom. The summed E-state index contributed by atoms with van der Waals surface area (Å²) in [7, 11) is 1.92. The van der Waals surface area contributed by atoms with Gasteiger partial charge in [-0.2, -0.15) is 5.10 Å². The van der Waals surface area contributed by atoms with Gasteiger partial charge in [0.05, 0.1) is 17.1 Å². The molecule has 0 aliphatic carbocycles. The fourth-order valence-electron chi connectivity index (χ4n) is 3.14. The lowest BCUT2D eigenvalue weighted by atomic mass is 9.96. The summed E-state index contributed by atoms with van der Waals surface area (Å²) in [5.41, 5.74) is 0.902. The Morgan fingerprint density at radius 1 is 1.48 bits per heavy atom. The predicted octanol–water partition coefficient (Wildman–Crippen LogP) is 3.18. The molecule has 2 aromatic heterocycles. The lowest BCUT2D eigenvalue weighted by Gasteiger charge is -2.32. The summed E-state index contributed by atoms with van der Waals surface area (Å²) in [5, 5.41) is 10.3. The minimum Gasteiger partial charge on any atom is -0.342 e. The van der Waals surface area contributed by atoms with Crippen molar-refractivity contribution in [3.63, 3.8) is 0 Å². The van der Waals surface area contributed by atoms with E-state index in [4.69, 9.17) is 12.2 Å². The number of thiazole rings is 1. The number of carbonyl (C=O) groups is 1. The number of nitrogens with one attached hydrogen (secondary N) is 1. The molecular weight excluding hydrogens is 354 g/mol. The Bertz CT molecular complexity index is 814. The molecule has 1 aliphatic rings. The van der Waals surface area contributed by atoms with Gasteiger partial charge in [0, 0.05) is 36.9 Å². The summed E-state index contributed by atoms with van der Waals surface area (Å²) in [6.45, 7) is 7.93. The molecule has 0 spiro atoms. The average Bonchev–Trinajstić information content (AvgIpc) is 3.15. The third kappa shape index (κ3) is 4.00. The van der Waals surface area contributed by atoms with Crippen LogP contribution in [0.5, 0.6) is 0 Å². The van der Waals surface area contributed by atoms with E-state index in [9.17, 15) is 4.79 Å². The van der Waals surface area contributed by atoms with E-state index in [0.717, 1.165) is 35.9 Å². The minimum absolute atomic E-state index is 0.0266. The van der Waals surface area contributed by atoms with Crippen molar-refractivity contribution in [3.05, 3.63) is 26.7 Å². The third-order valence-electron chi connectivity index (χ3n) is 4.58. The highest BCUT2D eigenvalue weighted by atomic mass is 32.1. The van der Waals surface area contributed by atoms with Gasteiger partial charge in [-0.25, -0.2) is 4.98 Å². The number of aromatic amines is 1. The maximum Gasteiger partial charge on any atom is 0.228 e. The molecule has 3 heterocycles. The first kappa shape index (κ1) is 18.3. The van der Waals surface area contributed by atoms with E-state index in [1.807, 2.05) is 21.9 Å². The number of H-pyrrole nitrogens is 1. The molecule has 1 aliphatic heterocycles. The second-order valence-electron chi connectivity index (χ2n) is 7.70. The number of likely N-dealkylation sites (tertiary alicyclic amines) is 1. The number of rotatable bonds is 3. The number of carbonyl (C=O) groups excluding carboxylic acids is 1. The SMILES string of the molecule is Cn1c(C2CCCN(C(=O)Cc3csc(C(C)(C)C)n3)C2)n[nH]c1=S. The third-order valence-corrected chi connectivity index (χ3v) is 6.26. The zero-order valence-electron chi connectivity index (χ0n) is 15.2. The highest BCUT2D eigenvalue weighted by molar-refractivity contribution is 7.71. The van der Waals surface area contributed by atoms with E-state index < -0.39 is 0 Å². The van der Waals surface area contributed by atoms with Crippen molar-refractivity contribution < 1.29 is 4.79 Å². The van der Waals surface area contributed by atoms with Crippen molar-refractivity contribution in [1.29, 1.82) is 0 Å². The molecular formula is C17H25N5OS2. The zero-order valence-corrected chi connectivity index (χ0v) is 16.8. The van der Waals surface area contributed by atoms with Crippen molar-refractivity contribution in [2.24, 2.45) is 7.05 Å². The maximum atomic E-state index is 12.7. The summed E-state index contributed by atoms with van der Waals surface area (Å²) >= 11 is 6.84. The van der Waals surface area contributed by atoms with Crippen molar-refractivity contribution >= 4 is 29.5 Å². The van der Waals surface area contributed by atoms with Gasteiger partial charge in [0.25, 0.3) is 0 Å². The minimum atomic E-state index is 0.0266. The molecule has 1 fully saturated rings. The Labute approximate surface area is 157 Å². The van der Waals surface area contributed by atoms with Gasteiger partial charge in [0.2, 0.25) is 5.91 Å². The van der Waals surface area contributed by atoms with Crippen molar-refractivity contribution in [3.8, 4) is 0 Å². The highest BCUT2D eigenvalue weighted by Crippen LogP contribution is 2.27. The van der Waals surface area contributed by atoms with Crippen molar-refractivity contribution in [2.75, 3.05) is 13.1 Å². The first-order valence-corrected chi connectivity index (χ1v) is 9.88. The largest absolute Gasteiger partial charge is 0.342 e. The Morgan fingerprint density at radius 3 is 2.84 bits per heavy atom. The fourth-order valence-corrected chi connectivity index (χ4v) is 4.18. The van der Waals surface area contributed by atoms with E-state index in [1.165, 1.54) is 0 Å². The van der Waals surface area contributed by atoms with Crippen LogP contribution in [0.1, 0.15) is 56.1 Å². The van der Waals surface area contributed by atoms with Crippen LogP contribution in [0, 0.1) is 4.77 Å². The van der Waals surface area contributed by atoms with Gasteiger partial charge < -0.3 is 9.47 Å². The molecule has 136 valence electrons. The van der Waals surface area contributed by atoms with Crippen LogP contribution < -0.4 is 0 Å². The van der Waals surface area contributed by atoms with Crippen molar-refractivity contribution in [2.45, 2.75) is 51.4 Å². The summed E-state index contributed by atoms with van der Waals surface area (Å²) in [6, 6.07) is 0. The summed E-state index contributed by atoms with van der Waals surface area (Å²) in [4.78, 5) is 19.3. The number of nitrogens with zero attached hydrogens (tertiary/aromatic N) is 4.